The molecular formula is C20H25Cl2N3O3. The van der Waals surface area contributed by atoms with E-state index in [4.69, 9.17) is 22.1 Å². The van der Waals surface area contributed by atoms with Crippen molar-refractivity contribution in [3.63, 3.8) is 0 Å². The SMILES string of the molecule is CC(C)[C@H](N)C(=O)NCC(=O)Nc1ccccc1OCc1cccc(Cl)c1.Cl. The van der Waals surface area contributed by atoms with Crippen LogP contribution in [0.5, 0.6) is 5.75 Å². The van der Waals surface area contributed by atoms with Gasteiger partial charge in [0.2, 0.25) is 11.8 Å². The van der Waals surface area contributed by atoms with Crippen LogP contribution in [0.15, 0.2) is 48.5 Å². The Bertz CT molecular complexity index is 800. The molecule has 0 radical (unpaired) electrons. The third kappa shape index (κ3) is 7.38. The molecule has 0 fully saturated rings. The Hall–Kier alpha value is -2.28. The summed E-state index contributed by atoms with van der Waals surface area (Å²) in [6.45, 7) is 3.84. The topological polar surface area (TPSA) is 93.5 Å². The molecule has 4 N–H and O–H groups in total. The van der Waals surface area contributed by atoms with E-state index >= 15 is 0 Å². The molecule has 2 rings (SSSR count). The highest BCUT2D eigenvalue weighted by molar-refractivity contribution is 6.30. The molecule has 2 aromatic carbocycles. The second-order valence-electron chi connectivity index (χ2n) is 6.45. The lowest BCUT2D eigenvalue weighted by atomic mass is 10.1. The van der Waals surface area contributed by atoms with E-state index < -0.39 is 6.04 Å². The molecule has 0 aliphatic heterocycles. The lowest BCUT2D eigenvalue weighted by Gasteiger charge is -2.16. The quantitative estimate of drug-likeness (QED) is 0.603. The van der Waals surface area contributed by atoms with Crippen LogP contribution < -0.4 is 21.1 Å². The third-order valence-electron chi connectivity index (χ3n) is 3.89. The molecule has 152 valence electrons. The van der Waals surface area contributed by atoms with Gasteiger partial charge in [0, 0.05) is 5.02 Å². The molecule has 8 heteroatoms. The molecule has 0 heterocycles. The Morgan fingerprint density at radius 2 is 1.86 bits per heavy atom. The van der Waals surface area contributed by atoms with Gasteiger partial charge in [-0.1, -0.05) is 49.7 Å². The summed E-state index contributed by atoms with van der Waals surface area (Å²) in [6, 6.07) is 13.8. The molecule has 2 amide bonds. The number of hydrogen-bond donors (Lipinski definition) is 3. The first-order valence-electron chi connectivity index (χ1n) is 8.66. The lowest BCUT2D eigenvalue weighted by Crippen LogP contribution is -2.46. The van der Waals surface area contributed by atoms with Crippen LogP contribution in [0.4, 0.5) is 5.69 Å². The standard InChI is InChI=1S/C20H24ClN3O3.ClH/c1-13(2)19(22)20(26)23-11-18(25)24-16-8-3-4-9-17(16)27-12-14-6-5-7-15(21)10-14;/h3-10,13,19H,11-12,22H2,1-2H3,(H,23,26)(H,24,25);1H/t19-;/m0./s1. The van der Waals surface area contributed by atoms with Crippen LogP contribution in [0, 0.1) is 5.92 Å². The number of benzene rings is 2. The summed E-state index contributed by atoms with van der Waals surface area (Å²) in [5, 5.41) is 5.90. The van der Waals surface area contributed by atoms with Crippen LogP contribution >= 0.6 is 24.0 Å². The van der Waals surface area contributed by atoms with E-state index in [-0.39, 0.29) is 36.7 Å². The number of rotatable bonds is 8. The maximum Gasteiger partial charge on any atom is 0.243 e. The van der Waals surface area contributed by atoms with E-state index in [0.717, 1.165) is 5.56 Å². The van der Waals surface area contributed by atoms with Gasteiger partial charge in [0.25, 0.3) is 0 Å². The Kier molecular flexibility index (Phi) is 9.79. The van der Waals surface area contributed by atoms with E-state index in [2.05, 4.69) is 10.6 Å². The number of ether oxygens (including phenoxy) is 1. The van der Waals surface area contributed by atoms with Crippen molar-refractivity contribution in [2.45, 2.75) is 26.5 Å². The van der Waals surface area contributed by atoms with Crippen molar-refractivity contribution in [3.8, 4) is 5.75 Å². The van der Waals surface area contributed by atoms with Gasteiger partial charge in [-0.2, -0.15) is 0 Å². The molecule has 28 heavy (non-hydrogen) atoms. The molecule has 0 aromatic heterocycles. The average molecular weight is 426 g/mol. The summed E-state index contributed by atoms with van der Waals surface area (Å²) >= 11 is 5.97. The van der Waals surface area contributed by atoms with Gasteiger partial charge in [0.05, 0.1) is 18.3 Å². The maximum absolute atomic E-state index is 12.1. The highest BCUT2D eigenvalue weighted by atomic mass is 35.5. The molecular weight excluding hydrogens is 401 g/mol. The van der Waals surface area contributed by atoms with Crippen molar-refractivity contribution in [1.29, 1.82) is 0 Å². The van der Waals surface area contributed by atoms with Gasteiger partial charge in [0.1, 0.15) is 12.4 Å². The predicted molar refractivity (Wildman–Crippen MR) is 114 cm³/mol. The van der Waals surface area contributed by atoms with Crippen molar-refractivity contribution in [1.82, 2.24) is 5.32 Å². The molecule has 0 aliphatic carbocycles. The molecule has 0 unspecified atom stereocenters. The van der Waals surface area contributed by atoms with Crippen LogP contribution in [0.2, 0.25) is 5.02 Å². The zero-order chi connectivity index (χ0) is 19.8. The minimum absolute atomic E-state index is 0. The number of carbonyl (C=O) groups excluding carboxylic acids is 2. The van der Waals surface area contributed by atoms with E-state index in [9.17, 15) is 9.59 Å². The van der Waals surface area contributed by atoms with Crippen LogP contribution in [0.3, 0.4) is 0 Å². The zero-order valence-electron chi connectivity index (χ0n) is 15.8. The number of para-hydroxylation sites is 2. The minimum atomic E-state index is -0.647. The summed E-state index contributed by atoms with van der Waals surface area (Å²) < 4.78 is 5.79. The van der Waals surface area contributed by atoms with Gasteiger partial charge in [-0.25, -0.2) is 0 Å². The minimum Gasteiger partial charge on any atom is -0.487 e. The van der Waals surface area contributed by atoms with Gasteiger partial charge in [0.15, 0.2) is 0 Å². The van der Waals surface area contributed by atoms with Crippen LogP contribution in [0.1, 0.15) is 19.4 Å². The Morgan fingerprint density at radius 3 is 2.54 bits per heavy atom. The van der Waals surface area contributed by atoms with Gasteiger partial charge in [-0.05, 0) is 35.7 Å². The average Bonchev–Trinajstić information content (AvgIpc) is 2.64. The smallest absolute Gasteiger partial charge is 0.243 e. The first kappa shape index (κ1) is 23.8. The normalized spacial score (nSPS) is 11.3. The largest absolute Gasteiger partial charge is 0.487 e. The second-order valence-corrected chi connectivity index (χ2v) is 6.89. The highest BCUT2D eigenvalue weighted by Gasteiger charge is 2.18. The van der Waals surface area contributed by atoms with E-state index in [1.807, 2.05) is 38.1 Å². The van der Waals surface area contributed by atoms with Gasteiger partial charge in [-0.15, -0.1) is 12.4 Å². The first-order chi connectivity index (χ1) is 12.9. The summed E-state index contributed by atoms with van der Waals surface area (Å²) in [5.74, 6) is -0.200. The van der Waals surface area contributed by atoms with Crippen molar-refractivity contribution in [3.05, 3.63) is 59.1 Å². The Morgan fingerprint density at radius 1 is 1.14 bits per heavy atom. The first-order valence-corrected chi connectivity index (χ1v) is 9.04. The number of hydrogen-bond acceptors (Lipinski definition) is 4. The van der Waals surface area contributed by atoms with Crippen LogP contribution in [-0.4, -0.2) is 24.4 Å². The molecule has 0 aliphatic rings. The summed E-state index contributed by atoms with van der Waals surface area (Å²) in [4.78, 5) is 24.0. The van der Waals surface area contributed by atoms with E-state index in [1.54, 1.807) is 24.3 Å². The molecule has 0 bridgehead atoms. The maximum atomic E-state index is 12.1. The number of halogens is 2. The fourth-order valence-electron chi connectivity index (χ4n) is 2.27. The Labute approximate surface area is 176 Å². The van der Waals surface area contributed by atoms with Crippen molar-refractivity contribution in [2.24, 2.45) is 11.7 Å². The highest BCUT2D eigenvalue weighted by Crippen LogP contribution is 2.25. The fraction of sp³-hybridized carbons (Fsp3) is 0.300. The molecule has 0 saturated carbocycles. The molecule has 6 nitrogen and oxygen atoms in total. The monoisotopic (exact) mass is 425 g/mol. The molecule has 0 saturated heterocycles. The van der Waals surface area contributed by atoms with Gasteiger partial charge in [-0.3, -0.25) is 9.59 Å². The van der Waals surface area contributed by atoms with Crippen molar-refractivity contribution in [2.75, 3.05) is 11.9 Å². The number of anilines is 1. The van der Waals surface area contributed by atoms with Gasteiger partial charge >= 0.3 is 0 Å². The third-order valence-corrected chi connectivity index (χ3v) is 4.12. The molecule has 2 aromatic rings. The van der Waals surface area contributed by atoms with Crippen LogP contribution in [-0.2, 0) is 16.2 Å². The summed E-state index contributed by atoms with van der Waals surface area (Å²) in [5.41, 5.74) is 7.19. The number of carbonyl (C=O) groups is 2. The second kappa shape index (κ2) is 11.5. The molecule has 1 atom stereocenters. The van der Waals surface area contributed by atoms with Crippen molar-refractivity contribution >= 4 is 41.5 Å². The predicted octanol–water partition coefficient (Wildman–Crippen LogP) is 3.38. The van der Waals surface area contributed by atoms with Gasteiger partial charge < -0.3 is 21.1 Å². The summed E-state index contributed by atoms with van der Waals surface area (Å²) in [6.07, 6.45) is 0. The number of nitrogens with two attached hydrogens (primary N) is 1. The van der Waals surface area contributed by atoms with Crippen molar-refractivity contribution < 1.29 is 14.3 Å². The number of nitrogens with one attached hydrogen (secondary N) is 2. The summed E-state index contributed by atoms with van der Waals surface area (Å²) in [7, 11) is 0. The van der Waals surface area contributed by atoms with E-state index in [0.29, 0.717) is 23.1 Å². The zero-order valence-corrected chi connectivity index (χ0v) is 17.3. The van der Waals surface area contributed by atoms with E-state index in [1.165, 1.54) is 0 Å². The molecule has 0 spiro atoms. The lowest BCUT2D eigenvalue weighted by molar-refractivity contribution is -0.125. The fourth-order valence-corrected chi connectivity index (χ4v) is 2.48. The van der Waals surface area contributed by atoms with Crippen LogP contribution in [0.25, 0.3) is 0 Å². The number of amides is 2. The Balaban J connectivity index is 0.00000392.